The molecule has 0 radical (unpaired) electrons. The van der Waals surface area contributed by atoms with Gasteiger partial charge in [0.15, 0.2) is 0 Å². The summed E-state index contributed by atoms with van der Waals surface area (Å²) in [7, 11) is -1.35. The number of rotatable bonds is 4. The van der Waals surface area contributed by atoms with Gasteiger partial charge in [0.2, 0.25) is 11.8 Å². The summed E-state index contributed by atoms with van der Waals surface area (Å²) in [5.41, 5.74) is 0.571. The zero-order valence-corrected chi connectivity index (χ0v) is 12.9. The first-order valence-electron chi connectivity index (χ1n) is 7.73. The molecule has 24 heavy (non-hydrogen) atoms. The number of hydrogen-bond acceptors (Lipinski definition) is 5. The lowest BCUT2D eigenvalue weighted by atomic mass is 9.72. The van der Waals surface area contributed by atoms with Gasteiger partial charge in [-0.25, -0.2) is 4.79 Å². The number of carbonyl (C=O) groups excluding carboxylic acids is 2. The van der Waals surface area contributed by atoms with Crippen molar-refractivity contribution in [3.8, 4) is 5.75 Å². The summed E-state index contributed by atoms with van der Waals surface area (Å²) >= 11 is 0. The molecule has 0 spiro atoms. The molecule has 2 amide bonds. The molecule has 3 N–H and O–H groups in total. The van der Waals surface area contributed by atoms with E-state index in [0.29, 0.717) is 18.5 Å². The second kappa shape index (κ2) is 6.52. The summed E-state index contributed by atoms with van der Waals surface area (Å²) in [5, 5.41) is 21.9. The molecule has 0 unspecified atom stereocenters. The van der Waals surface area contributed by atoms with Crippen LogP contribution in [0.2, 0.25) is 0 Å². The van der Waals surface area contributed by atoms with E-state index in [4.69, 9.17) is 9.76 Å². The first-order valence-corrected chi connectivity index (χ1v) is 7.73. The Kier molecular flexibility index (Phi) is 4.43. The quantitative estimate of drug-likeness (QED) is 0.637. The minimum absolute atomic E-state index is 0.0287. The largest absolute Gasteiger partial charge is 0.547 e. The third-order valence-electron chi connectivity index (χ3n) is 4.20. The molecule has 0 saturated carbocycles. The number of amides is 2. The molecule has 3 rings (SSSR count). The monoisotopic (exact) mass is 332 g/mol. The lowest BCUT2D eigenvalue weighted by molar-refractivity contribution is -0.133. The van der Waals surface area contributed by atoms with Crippen molar-refractivity contribution in [3.63, 3.8) is 0 Å². The first-order chi connectivity index (χ1) is 11.5. The van der Waals surface area contributed by atoms with E-state index in [0.717, 1.165) is 6.42 Å². The van der Waals surface area contributed by atoms with Crippen molar-refractivity contribution in [2.75, 3.05) is 13.1 Å². The van der Waals surface area contributed by atoms with Crippen LogP contribution in [0.4, 0.5) is 0 Å². The van der Waals surface area contributed by atoms with Crippen LogP contribution in [-0.2, 0) is 16.0 Å². The number of hydrogen-bond donors (Lipinski definition) is 3. The third kappa shape index (κ3) is 3.21. The summed E-state index contributed by atoms with van der Waals surface area (Å²) in [5.74, 6) is -2.16. The summed E-state index contributed by atoms with van der Waals surface area (Å²) in [6.07, 6.45) is 1.44. The Morgan fingerprint density at radius 1 is 1.42 bits per heavy atom. The van der Waals surface area contributed by atoms with Crippen LogP contribution < -0.4 is 9.97 Å². The van der Waals surface area contributed by atoms with E-state index in [2.05, 4.69) is 5.32 Å². The van der Waals surface area contributed by atoms with Gasteiger partial charge in [0.25, 0.3) is 0 Å². The number of nitrogens with zero attached hydrogens (tertiary/aromatic N) is 1. The highest BCUT2D eigenvalue weighted by Crippen LogP contribution is 2.30. The molecular weight excluding hydrogens is 315 g/mol. The van der Waals surface area contributed by atoms with Gasteiger partial charge < -0.3 is 25.0 Å². The molecule has 2 aliphatic rings. The second-order valence-electron chi connectivity index (χ2n) is 5.90. The molecule has 1 atom stereocenters. The Labute approximate surface area is 138 Å². The van der Waals surface area contributed by atoms with Gasteiger partial charge in [0.1, 0.15) is 5.75 Å². The van der Waals surface area contributed by atoms with Crippen LogP contribution in [0, 0.1) is 0 Å². The molecule has 0 aromatic heterocycles. The van der Waals surface area contributed by atoms with Gasteiger partial charge in [0.05, 0.1) is 18.0 Å². The Balaban J connectivity index is 1.68. The summed E-state index contributed by atoms with van der Waals surface area (Å²) in [6.45, 7) is 0.505. The van der Waals surface area contributed by atoms with Crippen molar-refractivity contribution in [1.29, 1.82) is 0 Å². The molecule has 1 aromatic rings. The van der Waals surface area contributed by atoms with E-state index in [9.17, 15) is 19.4 Å². The van der Waals surface area contributed by atoms with Gasteiger partial charge in [0, 0.05) is 13.0 Å². The third-order valence-corrected chi connectivity index (χ3v) is 4.20. The van der Waals surface area contributed by atoms with Crippen molar-refractivity contribution in [1.82, 2.24) is 10.2 Å². The number of benzene rings is 1. The van der Waals surface area contributed by atoms with Gasteiger partial charge in [-0.1, -0.05) is 12.1 Å². The average Bonchev–Trinajstić information content (AvgIpc) is 2.92. The highest BCUT2D eigenvalue weighted by atomic mass is 16.5. The summed E-state index contributed by atoms with van der Waals surface area (Å²) in [6, 6.07) is 4.67. The molecule has 2 aliphatic heterocycles. The molecular formula is C15H17BN2O6. The predicted molar refractivity (Wildman–Crippen MR) is 83.5 cm³/mol. The van der Waals surface area contributed by atoms with Crippen LogP contribution >= 0.6 is 0 Å². The highest BCUT2D eigenvalue weighted by molar-refractivity contribution is 6.47. The Morgan fingerprint density at radius 2 is 2.21 bits per heavy atom. The molecule has 1 saturated heterocycles. The van der Waals surface area contributed by atoms with Crippen LogP contribution in [0.3, 0.4) is 0 Å². The minimum atomic E-state index is -1.35. The normalized spacial score (nSPS) is 19.7. The van der Waals surface area contributed by atoms with Gasteiger partial charge in [-0.3, -0.25) is 9.59 Å². The maximum Gasteiger partial charge on any atom is 0.547 e. The lowest BCUT2D eigenvalue weighted by Crippen LogP contribution is -2.55. The number of nitrogens with one attached hydrogen (secondary N) is 1. The smallest absolute Gasteiger partial charge is 0.534 e. The van der Waals surface area contributed by atoms with Crippen LogP contribution in [0.15, 0.2) is 18.2 Å². The van der Waals surface area contributed by atoms with Gasteiger partial charge in [-0.15, -0.1) is 0 Å². The summed E-state index contributed by atoms with van der Waals surface area (Å²) in [4.78, 5) is 36.3. The number of para-hydroxylation sites is 1. The van der Waals surface area contributed by atoms with E-state index < -0.39 is 19.0 Å². The molecule has 126 valence electrons. The SMILES string of the molecule is O=C(CN1CCCC1=O)N[C@H]1Cc2cccc(C(=O)O)c2OB1O. The maximum absolute atomic E-state index is 12.1. The fourth-order valence-electron chi connectivity index (χ4n) is 3.01. The zero-order chi connectivity index (χ0) is 17.3. The molecule has 1 fully saturated rings. The van der Waals surface area contributed by atoms with Gasteiger partial charge >= 0.3 is 13.1 Å². The Bertz CT molecular complexity index is 695. The lowest BCUT2D eigenvalue weighted by Gasteiger charge is -2.29. The second-order valence-corrected chi connectivity index (χ2v) is 5.90. The van der Waals surface area contributed by atoms with Crippen LogP contribution in [-0.4, -0.2) is 59.0 Å². The Morgan fingerprint density at radius 3 is 2.88 bits per heavy atom. The predicted octanol–water partition coefficient (Wildman–Crippen LogP) is -0.553. The average molecular weight is 332 g/mol. The van der Waals surface area contributed by atoms with E-state index in [1.807, 2.05) is 0 Å². The van der Waals surface area contributed by atoms with Crippen LogP contribution in [0.1, 0.15) is 28.8 Å². The molecule has 0 bridgehead atoms. The number of likely N-dealkylation sites (tertiary alicyclic amines) is 1. The van der Waals surface area contributed by atoms with E-state index >= 15 is 0 Å². The van der Waals surface area contributed by atoms with Crippen molar-refractivity contribution >= 4 is 24.9 Å². The van der Waals surface area contributed by atoms with Gasteiger partial charge in [-0.05, 0) is 24.5 Å². The van der Waals surface area contributed by atoms with Crippen molar-refractivity contribution in [2.24, 2.45) is 0 Å². The molecule has 8 nitrogen and oxygen atoms in total. The summed E-state index contributed by atoms with van der Waals surface area (Å²) < 4.78 is 5.31. The maximum atomic E-state index is 12.1. The minimum Gasteiger partial charge on any atom is -0.534 e. The van der Waals surface area contributed by atoms with E-state index in [-0.39, 0.29) is 36.1 Å². The number of carboxylic acids is 1. The molecule has 1 aromatic carbocycles. The number of aromatic carboxylic acids is 1. The first kappa shape index (κ1) is 16.3. The Hall–Kier alpha value is -2.55. The van der Waals surface area contributed by atoms with Crippen LogP contribution in [0.5, 0.6) is 5.75 Å². The fraction of sp³-hybridized carbons (Fsp3) is 0.400. The van der Waals surface area contributed by atoms with Crippen LogP contribution in [0.25, 0.3) is 0 Å². The number of carboxylic acid groups (broad SMARTS) is 1. The standard InChI is InChI=1S/C15H17BN2O6/c19-12(8-18-6-2-5-13(18)20)17-11-7-9-3-1-4-10(15(21)22)14(9)24-16(11)23/h1,3-4,11,23H,2,5-8H2,(H,17,19)(H,21,22)/t11-/m0/s1. The molecule has 0 aliphatic carbocycles. The molecule has 9 heteroatoms. The van der Waals surface area contributed by atoms with Gasteiger partial charge in [-0.2, -0.15) is 0 Å². The van der Waals surface area contributed by atoms with E-state index in [1.165, 1.54) is 11.0 Å². The van der Waals surface area contributed by atoms with Crippen molar-refractivity contribution < 1.29 is 29.2 Å². The topological polar surface area (TPSA) is 116 Å². The van der Waals surface area contributed by atoms with E-state index in [1.54, 1.807) is 12.1 Å². The van der Waals surface area contributed by atoms with Crippen molar-refractivity contribution in [2.45, 2.75) is 25.2 Å². The van der Waals surface area contributed by atoms with Crippen molar-refractivity contribution in [3.05, 3.63) is 29.3 Å². The fourth-order valence-corrected chi connectivity index (χ4v) is 3.01. The molecule has 2 heterocycles. The number of carbonyl (C=O) groups is 3. The zero-order valence-electron chi connectivity index (χ0n) is 12.9. The number of fused-ring (bicyclic) bond motifs is 1. The highest BCUT2D eigenvalue weighted by Gasteiger charge is 2.38.